The summed E-state index contributed by atoms with van der Waals surface area (Å²) in [5, 5.41) is 5.78. The number of nitrogens with one attached hydrogen (secondary N) is 3. The van der Waals surface area contributed by atoms with Gasteiger partial charge in [0.2, 0.25) is 0 Å². The normalized spacial score (nSPS) is 18.9. The molecule has 2 amide bonds. The molecule has 1 fully saturated rings. The van der Waals surface area contributed by atoms with Crippen LogP contribution in [0.2, 0.25) is 0 Å². The Morgan fingerprint density at radius 1 is 1.07 bits per heavy atom. The molecule has 148 valence electrons. The predicted octanol–water partition coefficient (Wildman–Crippen LogP) is 2.34. The second kappa shape index (κ2) is 9.37. The Hall–Kier alpha value is -2.86. The van der Waals surface area contributed by atoms with Gasteiger partial charge in [-0.15, -0.1) is 0 Å². The average molecular weight is 382 g/mol. The van der Waals surface area contributed by atoms with Gasteiger partial charge in [-0.25, -0.2) is 0 Å². The van der Waals surface area contributed by atoms with Crippen LogP contribution in [0.4, 0.5) is 11.4 Å². The minimum atomic E-state index is -0.264. The third-order valence-corrected chi connectivity index (χ3v) is 5.26. The minimum absolute atomic E-state index is 0.0616. The van der Waals surface area contributed by atoms with Crippen molar-refractivity contribution in [3.05, 3.63) is 54.1 Å². The largest absolute Gasteiger partial charge is 0.497 e. The fraction of sp³-hybridized carbons (Fsp3) is 0.364. The highest BCUT2D eigenvalue weighted by Gasteiger charge is 2.24. The lowest BCUT2D eigenvalue weighted by atomic mass is 10.0. The molecule has 3 rings (SSSR count). The van der Waals surface area contributed by atoms with Crippen molar-refractivity contribution >= 4 is 23.2 Å². The van der Waals surface area contributed by atoms with Crippen LogP contribution in [0.15, 0.2) is 48.5 Å². The maximum atomic E-state index is 12.7. The number of hydrogen-bond acceptors (Lipinski definition) is 3. The molecule has 1 heterocycles. The molecule has 0 saturated carbocycles. The van der Waals surface area contributed by atoms with E-state index in [-0.39, 0.29) is 11.8 Å². The number of likely N-dealkylation sites (tertiary alicyclic amines) is 1. The lowest BCUT2D eigenvalue weighted by molar-refractivity contribution is -0.920. The molecule has 6 nitrogen and oxygen atoms in total. The monoisotopic (exact) mass is 382 g/mol. The fourth-order valence-electron chi connectivity index (χ4n) is 3.58. The van der Waals surface area contributed by atoms with Crippen molar-refractivity contribution in [1.82, 2.24) is 0 Å². The van der Waals surface area contributed by atoms with Gasteiger partial charge in [0.1, 0.15) is 5.75 Å². The van der Waals surface area contributed by atoms with Gasteiger partial charge in [0.15, 0.2) is 6.54 Å². The SMILES string of the molecule is COc1ccc(NC(=O)c2ccccc2NC(=O)C[NH+]2CCCC[C@@H]2C)cc1. The standard InChI is InChI=1S/C22H27N3O3/c1-16-7-5-6-14-25(16)15-21(26)24-20-9-4-3-8-19(20)22(27)23-17-10-12-18(28-2)13-11-17/h3-4,8-13,16H,5-7,14-15H2,1-2H3,(H,23,27)(H,24,26)/p+1/t16-/m0/s1. The quantitative estimate of drug-likeness (QED) is 0.718. The number of methoxy groups -OCH3 is 1. The summed E-state index contributed by atoms with van der Waals surface area (Å²) in [7, 11) is 1.60. The van der Waals surface area contributed by atoms with Crippen LogP contribution in [-0.4, -0.2) is 38.1 Å². The second-order valence-corrected chi connectivity index (χ2v) is 7.26. The van der Waals surface area contributed by atoms with Gasteiger partial charge in [-0.1, -0.05) is 12.1 Å². The number of hydrogen-bond donors (Lipinski definition) is 3. The van der Waals surface area contributed by atoms with E-state index in [0.29, 0.717) is 29.5 Å². The summed E-state index contributed by atoms with van der Waals surface area (Å²) in [6.45, 7) is 3.64. The first-order chi connectivity index (χ1) is 13.6. The van der Waals surface area contributed by atoms with Gasteiger partial charge in [-0.3, -0.25) is 9.59 Å². The van der Waals surface area contributed by atoms with E-state index in [1.165, 1.54) is 11.3 Å². The van der Waals surface area contributed by atoms with E-state index < -0.39 is 0 Å². The van der Waals surface area contributed by atoms with Gasteiger partial charge in [-0.2, -0.15) is 0 Å². The molecule has 0 spiro atoms. The second-order valence-electron chi connectivity index (χ2n) is 7.26. The van der Waals surface area contributed by atoms with E-state index in [1.54, 1.807) is 49.6 Å². The lowest BCUT2D eigenvalue weighted by Crippen LogP contribution is -3.17. The Morgan fingerprint density at radius 3 is 2.54 bits per heavy atom. The zero-order valence-electron chi connectivity index (χ0n) is 16.5. The molecule has 6 heteroatoms. The summed E-state index contributed by atoms with van der Waals surface area (Å²) < 4.78 is 5.13. The minimum Gasteiger partial charge on any atom is -0.497 e. The Balaban J connectivity index is 1.66. The average Bonchev–Trinajstić information content (AvgIpc) is 2.70. The number of para-hydroxylation sites is 1. The Kier molecular flexibility index (Phi) is 6.66. The summed E-state index contributed by atoms with van der Waals surface area (Å²) in [6, 6.07) is 14.7. The molecule has 3 N–H and O–H groups in total. The molecule has 1 saturated heterocycles. The molecule has 0 radical (unpaired) electrons. The van der Waals surface area contributed by atoms with Gasteiger partial charge >= 0.3 is 0 Å². The number of rotatable bonds is 6. The molecular formula is C22H28N3O3+. The smallest absolute Gasteiger partial charge is 0.279 e. The van der Waals surface area contributed by atoms with Crippen molar-refractivity contribution < 1.29 is 19.2 Å². The van der Waals surface area contributed by atoms with Gasteiger partial charge in [0.25, 0.3) is 11.8 Å². The summed E-state index contributed by atoms with van der Waals surface area (Å²) in [4.78, 5) is 26.6. The Labute approximate surface area is 165 Å². The number of benzene rings is 2. The topological polar surface area (TPSA) is 71.9 Å². The Morgan fingerprint density at radius 2 is 1.82 bits per heavy atom. The van der Waals surface area contributed by atoms with Crippen LogP contribution in [0, 0.1) is 0 Å². The molecule has 28 heavy (non-hydrogen) atoms. The number of amides is 2. The van der Waals surface area contributed by atoms with Gasteiger partial charge < -0.3 is 20.3 Å². The highest BCUT2D eigenvalue weighted by molar-refractivity contribution is 6.10. The van der Waals surface area contributed by atoms with Gasteiger partial charge in [-0.05, 0) is 62.6 Å². The molecule has 1 aliphatic heterocycles. The van der Waals surface area contributed by atoms with Crippen LogP contribution in [0.1, 0.15) is 36.5 Å². The summed E-state index contributed by atoms with van der Waals surface area (Å²) in [5.74, 6) is 0.397. The lowest BCUT2D eigenvalue weighted by Gasteiger charge is -2.29. The molecule has 2 atom stereocenters. The maximum Gasteiger partial charge on any atom is 0.279 e. The highest BCUT2D eigenvalue weighted by atomic mass is 16.5. The molecule has 0 bridgehead atoms. The van der Waals surface area contributed by atoms with E-state index in [9.17, 15) is 9.59 Å². The van der Waals surface area contributed by atoms with E-state index in [1.807, 2.05) is 6.07 Å². The number of quaternary nitrogens is 1. The molecule has 1 unspecified atom stereocenters. The molecule has 0 aromatic heterocycles. The third kappa shape index (κ3) is 5.10. The first-order valence-electron chi connectivity index (χ1n) is 9.75. The number of carbonyl (C=O) groups is 2. The van der Waals surface area contributed by atoms with Crippen molar-refractivity contribution in [2.45, 2.75) is 32.2 Å². The first-order valence-corrected chi connectivity index (χ1v) is 9.75. The maximum absolute atomic E-state index is 12.7. The van der Waals surface area contributed by atoms with E-state index in [2.05, 4.69) is 17.6 Å². The fourth-order valence-corrected chi connectivity index (χ4v) is 3.58. The Bertz CT molecular complexity index is 820. The summed E-state index contributed by atoms with van der Waals surface area (Å²) >= 11 is 0. The number of anilines is 2. The van der Waals surface area contributed by atoms with E-state index >= 15 is 0 Å². The van der Waals surface area contributed by atoms with Gasteiger partial charge in [0.05, 0.1) is 30.9 Å². The van der Waals surface area contributed by atoms with Crippen LogP contribution in [0.5, 0.6) is 5.75 Å². The zero-order chi connectivity index (χ0) is 19.9. The molecule has 0 aliphatic carbocycles. The number of ether oxygens (including phenoxy) is 1. The third-order valence-electron chi connectivity index (χ3n) is 5.26. The molecular weight excluding hydrogens is 354 g/mol. The van der Waals surface area contributed by atoms with Crippen molar-refractivity contribution in [1.29, 1.82) is 0 Å². The van der Waals surface area contributed by atoms with Crippen LogP contribution in [0.3, 0.4) is 0 Å². The van der Waals surface area contributed by atoms with Crippen LogP contribution in [0.25, 0.3) is 0 Å². The molecule has 1 aliphatic rings. The predicted molar refractivity (Wildman–Crippen MR) is 110 cm³/mol. The van der Waals surface area contributed by atoms with Gasteiger partial charge in [0, 0.05) is 5.69 Å². The van der Waals surface area contributed by atoms with Crippen molar-refractivity contribution in [3.8, 4) is 5.75 Å². The van der Waals surface area contributed by atoms with Crippen molar-refractivity contribution in [2.24, 2.45) is 0 Å². The summed E-state index contributed by atoms with van der Waals surface area (Å²) in [5.41, 5.74) is 1.63. The van der Waals surface area contributed by atoms with Crippen LogP contribution < -0.4 is 20.3 Å². The van der Waals surface area contributed by atoms with E-state index in [0.717, 1.165) is 25.1 Å². The number of carbonyl (C=O) groups excluding carboxylic acids is 2. The van der Waals surface area contributed by atoms with Crippen LogP contribution >= 0.6 is 0 Å². The highest BCUT2D eigenvalue weighted by Crippen LogP contribution is 2.19. The first kappa shape index (κ1) is 19.9. The van der Waals surface area contributed by atoms with Crippen molar-refractivity contribution in [3.63, 3.8) is 0 Å². The van der Waals surface area contributed by atoms with Crippen LogP contribution in [-0.2, 0) is 4.79 Å². The van der Waals surface area contributed by atoms with E-state index in [4.69, 9.17) is 4.74 Å². The molecule has 2 aromatic rings. The molecule has 2 aromatic carbocycles. The van der Waals surface area contributed by atoms with Crippen molar-refractivity contribution in [2.75, 3.05) is 30.8 Å². The summed E-state index contributed by atoms with van der Waals surface area (Å²) in [6.07, 6.45) is 3.55. The zero-order valence-corrected chi connectivity index (χ0v) is 16.5. The number of piperidine rings is 1.